The molecular weight excluding hydrogens is 299 g/mol. The van der Waals surface area contributed by atoms with Gasteiger partial charge in [-0.2, -0.15) is 13.2 Å². The predicted molar refractivity (Wildman–Crippen MR) is 74.2 cm³/mol. The van der Waals surface area contributed by atoms with E-state index in [1.165, 1.54) is 17.0 Å². The summed E-state index contributed by atoms with van der Waals surface area (Å²) in [4.78, 5) is 27.2. The van der Waals surface area contributed by atoms with Crippen LogP contribution in [0.3, 0.4) is 0 Å². The van der Waals surface area contributed by atoms with Crippen molar-refractivity contribution >= 4 is 17.5 Å². The number of benzene rings is 1. The number of likely N-dealkylation sites (N-methyl/N-ethyl adjacent to an activating group) is 1. The number of rotatable bonds is 1. The smallest absolute Gasteiger partial charge is 0.332 e. The SMILES string of the molecule is CN1CCN(C(=O)C(=O)Nc2cccc(C(F)(F)F)c2)CC1. The molecule has 22 heavy (non-hydrogen) atoms. The van der Waals surface area contributed by atoms with Crippen molar-refractivity contribution in [2.75, 3.05) is 38.5 Å². The number of halogens is 3. The number of carbonyl (C=O) groups excluding carboxylic acids is 2. The first kappa shape index (κ1) is 16.3. The van der Waals surface area contributed by atoms with Gasteiger partial charge in [-0.05, 0) is 25.2 Å². The summed E-state index contributed by atoms with van der Waals surface area (Å²) < 4.78 is 37.8. The van der Waals surface area contributed by atoms with Crippen molar-refractivity contribution in [1.82, 2.24) is 9.80 Å². The summed E-state index contributed by atoms with van der Waals surface area (Å²) in [6, 6.07) is 4.19. The van der Waals surface area contributed by atoms with E-state index in [1.54, 1.807) is 0 Å². The van der Waals surface area contributed by atoms with Crippen LogP contribution < -0.4 is 5.32 Å². The second-order valence-corrected chi connectivity index (χ2v) is 5.13. The largest absolute Gasteiger partial charge is 0.416 e. The van der Waals surface area contributed by atoms with Gasteiger partial charge in [0.2, 0.25) is 0 Å². The van der Waals surface area contributed by atoms with Crippen molar-refractivity contribution in [3.8, 4) is 0 Å². The van der Waals surface area contributed by atoms with Crippen LogP contribution in [0.15, 0.2) is 24.3 Å². The second-order valence-electron chi connectivity index (χ2n) is 5.13. The fourth-order valence-corrected chi connectivity index (χ4v) is 2.11. The molecule has 1 heterocycles. The van der Waals surface area contributed by atoms with Crippen LogP contribution in [0.25, 0.3) is 0 Å². The normalized spacial score (nSPS) is 16.5. The third kappa shape index (κ3) is 3.97. The van der Waals surface area contributed by atoms with Crippen LogP contribution in [0, 0.1) is 0 Å². The molecule has 5 nitrogen and oxygen atoms in total. The van der Waals surface area contributed by atoms with Crippen LogP contribution in [0.2, 0.25) is 0 Å². The summed E-state index contributed by atoms with van der Waals surface area (Å²) in [6.07, 6.45) is -4.50. The van der Waals surface area contributed by atoms with Crippen LogP contribution in [0.5, 0.6) is 0 Å². The number of nitrogens with one attached hydrogen (secondary N) is 1. The molecule has 1 aromatic carbocycles. The number of anilines is 1. The maximum absolute atomic E-state index is 12.6. The van der Waals surface area contributed by atoms with Gasteiger partial charge in [0.15, 0.2) is 0 Å². The minimum Gasteiger partial charge on any atom is -0.332 e. The molecule has 0 aromatic heterocycles. The number of carbonyl (C=O) groups is 2. The van der Waals surface area contributed by atoms with Crippen molar-refractivity contribution in [3.05, 3.63) is 29.8 Å². The average molecular weight is 315 g/mol. The van der Waals surface area contributed by atoms with Gasteiger partial charge in [-0.1, -0.05) is 6.07 Å². The summed E-state index contributed by atoms with van der Waals surface area (Å²) in [7, 11) is 1.91. The van der Waals surface area contributed by atoms with E-state index in [2.05, 4.69) is 5.32 Å². The highest BCUT2D eigenvalue weighted by Gasteiger charge is 2.31. The van der Waals surface area contributed by atoms with E-state index in [-0.39, 0.29) is 5.69 Å². The Kier molecular flexibility index (Phi) is 4.70. The number of hydrogen-bond donors (Lipinski definition) is 1. The van der Waals surface area contributed by atoms with E-state index in [0.717, 1.165) is 12.1 Å². The van der Waals surface area contributed by atoms with Gasteiger partial charge >= 0.3 is 18.0 Å². The quantitative estimate of drug-likeness (QED) is 0.798. The molecule has 1 saturated heterocycles. The van der Waals surface area contributed by atoms with Crippen LogP contribution in [0.1, 0.15) is 5.56 Å². The highest BCUT2D eigenvalue weighted by atomic mass is 19.4. The summed E-state index contributed by atoms with van der Waals surface area (Å²) in [5.41, 5.74) is -0.931. The number of alkyl halides is 3. The lowest BCUT2D eigenvalue weighted by Crippen LogP contribution is -2.50. The van der Waals surface area contributed by atoms with Gasteiger partial charge in [0.05, 0.1) is 5.56 Å². The number of piperazine rings is 1. The van der Waals surface area contributed by atoms with Crippen molar-refractivity contribution in [1.29, 1.82) is 0 Å². The van der Waals surface area contributed by atoms with Gasteiger partial charge < -0.3 is 15.1 Å². The predicted octanol–water partition coefficient (Wildman–Crippen LogP) is 1.42. The molecule has 120 valence electrons. The Morgan fingerprint density at radius 3 is 2.36 bits per heavy atom. The number of hydrogen-bond acceptors (Lipinski definition) is 3. The minimum absolute atomic E-state index is 0.0534. The molecule has 0 atom stereocenters. The molecular formula is C14H16F3N3O2. The fourth-order valence-electron chi connectivity index (χ4n) is 2.11. The molecule has 8 heteroatoms. The maximum atomic E-state index is 12.6. The third-order valence-corrected chi connectivity index (χ3v) is 3.43. The molecule has 0 bridgehead atoms. The molecule has 0 aliphatic carbocycles. The summed E-state index contributed by atoms with van der Waals surface area (Å²) in [5.74, 6) is -1.66. The molecule has 1 aliphatic rings. The van der Waals surface area contributed by atoms with Crippen LogP contribution in [-0.4, -0.2) is 54.8 Å². The first-order valence-electron chi connectivity index (χ1n) is 6.73. The highest BCUT2D eigenvalue weighted by Crippen LogP contribution is 2.30. The van der Waals surface area contributed by atoms with E-state index in [1.807, 2.05) is 11.9 Å². The Balaban J connectivity index is 2.01. The van der Waals surface area contributed by atoms with Gasteiger partial charge in [0.1, 0.15) is 0 Å². The second kappa shape index (κ2) is 6.35. The first-order chi connectivity index (χ1) is 10.3. The van der Waals surface area contributed by atoms with Gasteiger partial charge in [-0.25, -0.2) is 0 Å². The lowest BCUT2D eigenvalue weighted by atomic mass is 10.2. The topological polar surface area (TPSA) is 52.7 Å². The van der Waals surface area contributed by atoms with Crippen molar-refractivity contribution in [2.24, 2.45) is 0 Å². The average Bonchev–Trinajstić information content (AvgIpc) is 2.46. The third-order valence-electron chi connectivity index (χ3n) is 3.43. The minimum atomic E-state index is -4.50. The lowest BCUT2D eigenvalue weighted by Gasteiger charge is -2.31. The highest BCUT2D eigenvalue weighted by molar-refractivity contribution is 6.39. The van der Waals surface area contributed by atoms with E-state index < -0.39 is 23.6 Å². The molecule has 1 N–H and O–H groups in total. The Labute approximate surface area is 125 Å². The molecule has 2 amide bonds. The molecule has 2 rings (SSSR count). The molecule has 0 spiro atoms. The molecule has 0 unspecified atom stereocenters. The molecule has 1 fully saturated rings. The van der Waals surface area contributed by atoms with Crippen LogP contribution >= 0.6 is 0 Å². The first-order valence-corrected chi connectivity index (χ1v) is 6.73. The van der Waals surface area contributed by atoms with E-state index in [0.29, 0.717) is 26.2 Å². The van der Waals surface area contributed by atoms with Crippen LogP contribution in [-0.2, 0) is 15.8 Å². The summed E-state index contributed by atoms with van der Waals surface area (Å²) >= 11 is 0. The zero-order chi connectivity index (χ0) is 16.3. The van der Waals surface area contributed by atoms with Crippen molar-refractivity contribution in [2.45, 2.75) is 6.18 Å². The number of amides is 2. The van der Waals surface area contributed by atoms with Crippen molar-refractivity contribution in [3.63, 3.8) is 0 Å². The molecule has 0 radical (unpaired) electrons. The monoisotopic (exact) mass is 315 g/mol. The molecule has 0 saturated carbocycles. The van der Waals surface area contributed by atoms with Gasteiger partial charge in [0.25, 0.3) is 0 Å². The van der Waals surface area contributed by atoms with Crippen molar-refractivity contribution < 1.29 is 22.8 Å². The number of nitrogens with zero attached hydrogens (tertiary/aromatic N) is 2. The maximum Gasteiger partial charge on any atom is 0.416 e. The van der Waals surface area contributed by atoms with E-state index >= 15 is 0 Å². The van der Waals surface area contributed by atoms with Gasteiger partial charge in [0, 0.05) is 31.9 Å². The zero-order valence-electron chi connectivity index (χ0n) is 12.0. The van der Waals surface area contributed by atoms with E-state index in [4.69, 9.17) is 0 Å². The Hall–Kier alpha value is -2.09. The molecule has 1 aliphatic heterocycles. The summed E-state index contributed by atoms with van der Waals surface area (Å²) in [6.45, 7) is 2.15. The Bertz CT molecular complexity index is 567. The fraction of sp³-hybridized carbons (Fsp3) is 0.429. The van der Waals surface area contributed by atoms with Crippen LogP contribution in [0.4, 0.5) is 18.9 Å². The zero-order valence-corrected chi connectivity index (χ0v) is 12.0. The standard InChI is InChI=1S/C14H16F3N3O2/c1-19-5-7-20(8-6-19)13(22)12(21)18-11-4-2-3-10(9-11)14(15,16)17/h2-4,9H,5-8H2,1H3,(H,18,21). The van der Waals surface area contributed by atoms with Gasteiger partial charge in [-0.15, -0.1) is 0 Å². The lowest BCUT2D eigenvalue weighted by molar-refractivity contribution is -0.144. The summed E-state index contributed by atoms with van der Waals surface area (Å²) in [5, 5.41) is 2.22. The van der Waals surface area contributed by atoms with Gasteiger partial charge in [-0.3, -0.25) is 9.59 Å². The van der Waals surface area contributed by atoms with E-state index in [9.17, 15) is 22.8 Å². The Morgan fingerprint density at radius 1 is 1.14 bits per heavy atom. The molecule has 1 aromatic rings. The Morgan fingerprint density at radius 2 is 1.77 bits per heavy atom.